The predicted octanol–water partition coefficient (Wildman–Crippen LogP) is 5.08. The summed E-state index contributed by atoms with van der Waals surface area (Å²) in [7, 11) is 1.67. The Bertz CT molecular complexity index is 803. The molecule has 0 spiro atoms. The maximum atomic E-state index is 5.78. The summed E-state index contributed by atoms with van der Waals surface area (Å²) in [6.45, 7) is 5.23. The van der Waals surface area contributed by atoms with Crippen LogP contribution >= 0.6 is 0 Å². The van der Waals surface area contributed by atoms with Crippen LogP contribution in [0.5, 0.6) is 5.75 Å². The molecule has 0 saturated carbocycles. The molecule has 0 N–H and O–H groups in total. The van der Waals surface area contributed by atoms with E-state index in [1.54, 1.807) is 7.11 Å². The van der Waals surface area contributed by atoms with Gasteiger partial charge in [-0.1, -0.05) is 55.1 Å². The van der Waals surface area contributed by atoms with E-state index in [-0.39, 0.29) is 0 Å². The summed E-state index contributed by atoms with van der Waals surface area (Å²) in [5.41, 5.74) is 3.24. The third-order valence-corrected chi connectivity index (χ3v) is 3.86. The van der Waals surface area contributed by atoms with Gasteiger partial charge in [0.25, 0.3) is 0 Å². The molecule has 3 rings (SSSR count). The molecule has 0 heterocycles. The van der Waals surface area contributed by atoms with Crippen molar-refractivity contribution in [3.8, 4) is 5.75 Å². The second kappa shape index (κ2) is 7.12. The summed E-state index contributed by atoms with van der Waals surface area (Å²) in [5, 5.41) is 2.46. The molecule has 0 fully saturated rings. The molecule has 3 aromatic carbocycles. The van der Waals surface area contributed by atoms with Gasteiger partial charge in [-0.15, -0.1) is 0 Å². The number of benzene rings is 3. The van der Waals surface area contributed by atoms with Gasteiger partial charge in [0.1, 0.15) is 5.75 Å². The van der Waals surface area contributed by atoms with Crippen LogP contribution in [0.15, 0.2) is 73.3 Å². The number of fused-ring (bicyclic) bond motifs is 1. The predicted molar refractivity (Wildman–Crippen MR) is 95.6 cm³/mol. The Kier molecular flexibility index (Phi) is 4.74. The maximum absolute atomic E-state index is 5.78. The quantitative estimate of drug-likeness (QED) is 0.632. The van der Waals surface area contributed by atoms with Crippen LogP contribution in [0.25, 0.3) is 16.3 Å². The first-order valence-electron chi connectivity index (χ1n) is 7.64. The molecule has 0 aliphatic rings. The smallest absolute Gasteiger partial charge is 0.118 e. The normalized spacial score (nSPS) is 10.7. The van der Waals surface area contributed by atoms with Crippen LogP contribution in [-0.4, -0.2) is 13.7 Å². The van der Waals surface area contributed by atoms with Crippen molar-refractivity contribution in [2.24, 2.45) is 0 Å². The lowest BCUT2D eigenvalue weighted by Gasteiger charge is -2.09. The molecule has 0 amide bonds. The van der Waals surface area contributed by atoms with Gasteiger partial charge in [-0.2, -0.15) is 0 Å². The number of rotatable bonds is 6. The van der Waals surface area contributed by atoms with Crippen LogP contribution in [-0.2, 0) is 11.3 Å². The fraction of sp³-hybridized carbons (Fsp3) is 0.143. The van der Waals surface area contributed by atoms with E-state index in [9.17, 15) is 0 Å². The van der Waals surface area contributed by atoms with Gasteiger partial charge in [0.2, 0.25) is 0 Å². The molecule has 3 aromatic rings. The zero-order valence-electron chi connectivity index (χ0n) is 13.3. The van der Waals surface area contributed by atoms with Crippen molar-refractivity contribution < 1.29 is 9.47 Å². The van der Waals surface area contributed by atoms with Crippen LogP contribution in [0, 0.1) is 0 Å². The largest absolute Gasteiger partial charge is 0.497 e. The lowest BCUT2D eigenvalue weighted by Crippen LogP contribution is -1.98. The van der Waals surface area contributed by atoms with Crippen LogP contribution < -0.4 is 4.74 Å². The van der Waals surface area contributed by atoms with Crippen molar-refractivity contribution in [3.05, 3.63) is 84.4 Å². The molecule has 0 aliphatic carbocycles. The number of hydrogen-bond donors (Lipinski definition) is 0. The molecule has 2 heteroatoms. The fourth-order valence-electron chi connectivity index (χ4n) is 2.51. The molecule has 0 aliphatic heterocycles. The highest BCUT2D eigenvalue weighted by Crippen LogP contribution is 2.21. The average Bonchev–Trinajstić information content (AvgIpc) is 2.61. The molecular weight excluding hydrogens is 284 g/mol. The molecule has 0 saturated heterocycles. The van der Waals surface area contributed by atoms with Gasteiger partial charge < -0.3 is 9.47 Å². The van der Waals surface area contributed by atoms with E-state index in [0.29, 0.717) is 13.2 Å². The first-order valence-corrected chi connectivity index (χ1v) is 7.64. The highest BCUT2D eigenvalue weighted by atomic mass is 16.5. The summed E-state index contributed by atoms with van der Waals surface area (Å²) >= 11 is 0. The van der Waals surface area contributed by atoms with Gasteiger partial charge in [0.05, 0.1) is 20.3 Å². The SMILES string of the molecule is C=C(COCc1ccc(OC)cc1)c1ccc2ccccc2c1. The Labute approximate surface area is 137 Å². The summed E-state index contributed by atoms with van der Waals surface area (Å²) in [5.74, 6) is 0.856. The lowest BCUT2D eigenvalue weighted by atomic mass is 10.0. The first kappa shape index (κ1) is 15.3. The van der Waals surface area contributed by atoms with Crippen molar-refractivity contribution in [2.45, 2.75) is 6.61 Å². The Balaban J connectivity index is 1.59. The van der Waals surface area contributed by atoms with E-state index in [4.69, 9.17) is 9.47 Å². The minimum atomic E-state index is 0.518. The topological polar surface area (TPSA) is 18.5 Å². The van der Waals surface area contributed by atoms with E-state index in [1.165, 1.54) is 10.8 Å². The first-order chi connectivity index (χ1) is 11.3. The van der Waals surface area contributed by atoms with Crippen molar-refractivity contribution in [2.75, 3.05) is 13.7 Å². The minimum absolute atomic E-state index is 0.518. The van der Waals surface area contributed by atoms with Gasteiger partial charge in [-0.05, 0) is 45.7 Å². The molecule has 116 valence electrons. The Hall–Kier alpha value is -2.58. The molecule has 2 nitrogen and oxygen atoms in total. The maximum Gasteiger partial charge on any atom is 0.118 e. The Morgan fingerprint density at radius 1 is 0.913 bits per heavy atom. The van der Waals surface area contributed by atoms with Crippen LogP contribution in [0.1, 0.15) is 11.1 Å². The van der Waals surface area contributed by atoms with Crippen molar-refractivity contribution in [3.63, 3.8) is 0 Å². The van der Waals surface area contributed by atoms with E-state index in [0.717, 1.165) is 22.4 Å². The van der Waals surface area contributed by atoms with Gasteiger partial charge in [-0.3, -0.25) is 0 Å². The van der Waals surface area contributed by atoms with E-state index in [1.807, 2.05) is 24.3 Å². The lowest BCUT2D eigenvalue weighted by molar-refractivity contribution is 0.153. The van der Waals surface area contributed by atoms with E-state index in [2.05, 4.69) is 49.0 Å². The van der Waals surface area contributed by atoms with Crippen molar-refractivity contribution >= 4 is 16.3 Å². The number of hydrogen-bond acceptors (Lipinski definition) is 2. The van der Waals surface area contributed by atoms with E-state index >= 15 is 0 Å². The van der Waals surface area contributed by atoms with E-state index < -0.39 is 0 Å². The third kappa shape index (κ3) is 3.79. The zero-order chi connectivity index (χ0) is 16.1. The Morgan fingerprint density at radius 3 is 2.39 bits per heavy atom. The average molecular weight is 304 g/mol. The summed E-state index contributed by atoms with van der Waals surface area (Å²) in [6.07, 6.45) is 0. The van der Waals surface area contributed by atoms with Gasteiger partial charge >= 0.3 is 0 Å². The summed E-state index contributed by atoms with van der Waals surface area (Å²) in [4.78, 5) is 0. The molecule has 0 aromatic heterocycles. The van der Waals surface area contributed by atoms with Crippen LogP contribution in [0.4, 0.5) is 0 Å². The van der Waals surface area contributed by atoms with Crippen molar-refractivity contribution in [1.82, 2.24) is 0 Å². The number of ether oxygens (including phenoxy) is 2. The van der Waals surface area contributed by atoms with Gasteiger partial charge in [-0.25, -0.2) is 0 Å². The molecule has 23 heavy (non-hydrogen) atoms. The van der Waals surface area contributed by atoms with Gasteiger partial charge in [0, 0.05) is 0 Å². The molecule has 0 unspecified atom stereocenters. The standard InChI is InChI=1S/C21H20O2/c1-16(14-23-15-17-7-11-21(22-2)12-8-17)19-10-9-18-5-3-4-6-20(18)13-19/h3-13H,1,14-15H2,2H3. The van der Waals surface area contributed by atoms with Crippen LogP contribution in [0.3, 0.4) is 0 Å². The minimum Gasteiger partial charge on any atom is -0.497 e. The monoisotopic (exact) mass is 304 g/mol. The second-order valence-corrected chi connectivity index (χ2v) is 5.51. The van der Waals surface area contributed by atoms with Crippen molar-refractivity contribution in [1.29, 1.82) is 0 Å². The molecule has 0 radical (unpaired) electrons. The second-order valence-electron chi connectivity index (χ2n) is 5.51. The summed E-state index contributed by atoms with van der Waals surface area (Å²) < 4.78 is 10.9. The third-order valence-electron chi connectivity index (χ3n) is 3.86. The highest BCUT2D eigenvalue weighted by molar-refractivity contribution is 5.86. The fourth-order valence-corrected chi connectivity index (χ4v) is 2.51. The Morgan fingerprint density at radius 2 is 1.65 bits per heavy atom. The molecular formula is C21H20O2. The summed E-state index contributed by atoms with van der Waals surface area (Å²) in [6, 6.07) is 22.6. The molecule has 0 atom stereocenters. The highest BCUT2D eigenvalue weighted by Gasteiger charge is 2.02. The molecule has 0 bridgehead atoms. The van der Waals surface area contributed by atoms with Gasteiger partial charge in [0.15, 0.2) is 0 Å². The van der Waals surface area contributed by atoms with Crippen LogP contribution in [0.2, 0.25) is 0 Å². The zero-order valence-corrected chi connectivity index (χ0v) is 13.3. The number of methoxy groups -OCH3 is 1.